The number of likely N-dealkylation sites (tertiary alicyclic amines) is 1. The topological polar surface area (TPSA) is 38.5 Å². The van der Waals surface area contributed by atoms with Crippen LogP contribution >= 0.6 is 11.6 Å². The molecule has 0 saturated carbocycles. The second-order valence-corrected chi connectivity index (χ2v) is 4.93. The molecule has 1 aromatic rings. The lowest BCUT2D eigenvalue weighted by Gasteiger charge is -2.16. The third-order valence-corrected chi connectivity index (χ3v) is 3.41. The zero-order valence-corrected chi connectivity index (χ0v) is 10.7. The van der Waals surface area contributed by atoms with Gasteiger partial charge >= 0.3 is 0 Å². The lowest BCUT2D eigenvalue weighted by atomic mass is 10.1. The molecule has 0 bridgehead atoms. The minimum atomic E-state index is 0.668. The van der Waals surface area contributed by atoms with Crippen LogP contribution in [0.2, 0.25) is 5.02 Å². The van der Waals surface area contributed by atoms with Crippen LogP contribution in [0.5, 0.6) is 5.75 Å². The van der Waals surface area contributed by atoms with Crippen molar-refractivity contribution in [2.75, 3.05) is 32.8 Å². The Morgan fingerprint density at radius 1 is 1.47 bits per heavy atom. The van der Waals surface area contributed by atoms with Crippen LogP contribution in [0, 0.1) is 5.92 Å². The van der Waals surface area contributed by atoms with Gasteiger partial charge in [0.1, 0.15) is 12.4 Å². The predicted molar refractivity (Wildman–Crippen MR) is 70.5 cm³/mol. The molecule has 0 aliphatic carbocycles. The van der Waals surface area contributed by atoms with Gasteiger partial charge in [0.25, 0.3) is 0 Å². The van der Waals surface area contributed by atoms with Gasteiger partial charge in [-0.2, -0.15) is 0 Å². The van der Waals surface area contributed by atoms with E-state index in [9.17, 15) is 0 Å². The van der Waals surface area contributed by atoms with E-state index < -0.39 is 0 Å². The molecule has 1 aliphatic rings. The highest BCUT2D eigenvalue weighted by molar-refractivity contribution is 6.30. The van der Waals surface area contributed by atoms with Crippen molar-refractivity contribution in [1.82, 2.24) is 4.90 Å². The van der Waals surface area contributed by atoms with Crippen molar-refractivity contribution in [2.24, 2.45) is 11.7 Å². The van der Waals surface area contributed by atoms with Crippen LogP contribution < -0.4 is 10.5 Å². The van der Waals surface area contributed by atoms with Gasteiger partial charge in [0, 0.05) is 18.1 Å². The Hall–Kier alpha value is -0.770. The molecule has 2 rings (SSSR count). The fraction of sp³-hybridized carbons (Fsp3) is 0.538. The average Bonchev–Trinajstić information content (AvgIpc) is 2.77. The Morgan fingerprint density at radius 3 is 3.06 bits per heavy atom. The van der Waals surface area contributed by atoms with E-state index in [0.29, 0.717) is 17.5 Å². The molecule has 1 atom stereocenters. The maximum atomic E-state index is 5.88. The Labute approximate surface area is 107 Å². The maximum Gasteiger partial charge on any atom is 0.120 e. The Kier molecular flexibility index (Phi) is 4.66. The van der Waals surface area contributed by atoms with Crippen molar-refractivity contribution >= 4 is 11.6 Å². The van der Waals surface area contributed by atoms with Crippen LogP contribution in [0.3, 0.4) is 0 Å². The summed E-state index contributed by atoms with van der Waals surface area (Å²) in [6, 6.07) is 7.52. The molecule has 1 unspecified atom stereocenters. The molecule has 0 aromatic heterocycles. The number of hydrogen-bond acceptors (Lipinski definition) is 3. The van der Waals surface area contributed by atoms with Crippen LogP contribution in [0.25, 0.3) is 0 Å². The van der Waals surface area contributed by atoms with E-state index in [0.717, 1.165) is 31.9 Å². The molecule has 1 heterocycles. The van der Waals surface area contributed by atoms with Crippen molar-refractivity contribution in [3.63, 3.8) is 0 Å². The van der Waals surface area contributed by atoms with Crippen LogP contribution in [0.15, 0.2) is 24.3 Å². The van der Waals surface area contributed by atoms with E-state index in [-0.39, 0.29) is 0 Å². The van der Waals surface area contributed by atoms with E-state index in [1.165, 1.54) is 6.42 Å². The zero-order valence-electron chi connectivity index (χ0n) is 9.94. The van der Waals surface area contributed by atoms with Crippen LogP contribution in [0.4, 0.5) is 0 Å². The first kappa shape index (κ1) is 12.7. The Morgan fingerprint density at radius 2 is 2.35 bits per heavy atom. The van der Waals surface area contributed by atoms with E-state index in [1.54, 1.807) is 0 Å². The normalized spacial score (nSPS) is 20.7. The van der Waals surface area contributed by atoms with Gasteiger partial charge in [-0.15, -0.1) is 0 Å². The molecular formula is C13H19ClN2O. The van der Waals surface area contributed by atoms with Crippen molar-refractivity contribution < 1.29 is 4.74 Å². The smallest absolute Gasteiger partial charge is 0.120 e. The number of benzene rings is 1. The highest BCUT2D eigenvalue weighted by Crippen LogP contribution is 2.18. The third-order valence-electron chi connectivity index (χ3n) is 3.18. The van der Waals surface area contributed by atoms with Gasteiger partial charge in [-0.05, 0) is 43.6 Å². The SMILES string of the molecule is NCC1CCN(CCOc2cccc(Cl)c2)C1. The molecular weight excluding hydrogens is 236 g/mol. The molecule has 3 nitrogen and oxygen atoms in total. The molecule has 0 radical (unpaired) electrons. The summed E-state index contributed by atoms with van der Waals surface area (Å²) >= 11 is 5.88. The minimum Gasteiger partial charge on any atom is -0.492 e. The van der Waals surface area contributed by atoms with Crippen molar-refractivity contribution in [2.45, 2.75) is 6.42 Å². The van der Waals surface area contributed by atoms with Gasteiger partial charge in [-0.1, -0.05) is 17.7 Å². The molecule has 1 fully saturated rings. The number of nitrogens with two attached hydrogens (primary N) is 1. The molecule has 1 aromatic carbocycles. The highest BCUT2D eigenvalue weighted by atomic mass is 35.5. The summed E-state index contributed by atoms with van der Waals surface area (Å²) in [5, 5.41) is 0.715. The summed E-state index contributed by atoms with van der Waals surface area (Å²) in [6.45, 7) is 4.71. The second kappa shape index (κ2) is 6.24. The van der Waals surface area contributed by atoms with Gasteiger partial charge in [0.2, 0.25) is 0 Å². The van der Waals surface area contributed by atoms with Gasteiger partial charge in [0.05, 0.1) is 0 Å². The van der Waals surface area contributed by atoms with Gasteiger partial charge < -0.3 is 10.5 Å². The number of rotatable bonds is 5. The molecule has 2 N–H and O–H groups in total. The second-order valence-electron chi connectivity index (χ2n) is 4.50. The Bertz CT molecular complexity index is 359. The lowest BCUT2D eigenvalue weighted by molar-refractivity contribution is 0.233. The summed E-state index contributed by atoms with van der Waals surface area (Å²) < 4.78 is 5.66. The van der Waals surface area contributed by atoms with E-state index >= 15 is 0 Å². The van der Waals surface area contributed by atoms with E-state index in [4.69, 9.17) is 22.1 Å². The fourth-order valence-corrected chi connectivity index (χ4v) is 2.34. The lowest BCUT2D eigenvalue weighted by Crippen LogP contribution is -2.27. The largest absolute Gasteiger partial charge is 0.492 e. The molecule has 17 heavy (non-hydrogen) atoms. The van der Waals surface area contributed by atoms with Crippen LogP contribution in [0.1, 0.15) is 6.42 Å². The van der Waals surface area contributed by atoms with Crippen LogP contribution in [-0.2, 0) is 0 Å². The summed E-state index contributed by atoms with van der Waals surface area (Å²) in [5.41, 5.74) is 5.66. The monoisotopic (exact) mass is 254 g/mol. The number of hydrogen-bond donors (Lipinski definition) is 1. The average molecular weight is 255 g/mol. The predicted octanol–water partition coefficient (Wildman–Crippen LogP) is 2.00. The Balaban J connectivity index is 1.70. The molecule has 0 amide bonds. The van der Waals surface area contributed by atoms with Crippen molar-refractivity contribution in [3.8, 4) is 5.75 Å². The van der Waals surface area contributed by atoms with Gasteiger partial charge in [-0.25, -0.2) is 0 Å². The van der Waals surface area contributed by atoms with E-state index in [2.05, 4.69) is 4.90 Å². The maximum absolute atomic E-state index is 5.88. The summed E-state index contributed by atoms with van der Waals surface area (Å²) in [7, 11) is 0. The van der Waals surface area contributed by atoms with Gasteiger partial charge in [-0.3, -0.25) is 4.90 Å². The van der Waals surface area contributed by atoms with Crippen molar-refractivity contribution in [3.05, 3.63) is 29.3 Å². The molecule has 1 aliphatic heterocycles. The summed E-state index contributed by atoms with van der Waals surface area (Å²) in [6.07, 6.45) is 1.22. The van der Waals surface area contributed by atoms with Crippen molar-refractivity contribution in [1.29, 1.82) is 0 Å². The number of halogens is 1. The highest BCUT2D eigenvalue weighted by Gasteiger charge is 2.20. The number of nitrogens with zero attached hydrogens (tertiary/aromatic N) is 1. The first-order valence-corrected chi connectivity index (χ1v) is 6.46. The fourth-order valence-electron chi connectivity index (χ4n) is 2.16. The van der Waals surface area contributed by atoms with Gasteiger partial charge in [0.15, 0.2) is 0 Å². The number of ether oxygens (including phenoxy) is 1. The zero-order chi connectivity index (χ0) is 12.1. The third kappa shape index (κ3) is 3.87. The quantitative estimate of drug-likeness (QED) is 0.874. The molecule has 1 saturated heterocycles. The molecule has 0 spiro atoms. The first-order chi connectivity index (χ1) is 8.28. The van der Waals surface area contributed by atoms with E-state index in [1.807, 2.05) is 24.3 Å². The summed E-state index contributed by atoms with van der Waals surface area (Å²) in [4.78, 5) is 2.40. The van der Waals surface area contributed by atoms with Crippen LogP contribution in [-0.4, -0.2) is 37.7 Å². The standard InChI is InChI=1S/C13H19ClN2O/c14-12-2-1-3-13(8-12)17-7-6-16-5-4-11(9-15)10-16/h1-3,8,11H,4-7,9-10,15H2. The molecule has 94 valence electrons. The summed E-state index contributed by atoms with van der Waals surface area (Å²) in [5.74, 6) is 1.51. The minimum absolute atomic E-state index is 0.668. The molecule has 4 heteroatoms. The first-order valence-electron chi connectivity index (χ1n) is 6.08.